The Hall–Kier alpha value is -3.42. The van der Waals surface area contributed by atoms with E-state index in [-0.39, 0.29) is 17.2 Å². The number of hydrogen-bond donors (Lipinski definition) is 2. The standard InChI is InChI=1S/C30H31N3O2S2/c1-20-26(21-11-7-5-8-12-21)32-29(36-20)33-28(35)27(22-13-9-6-10-14-22)37-24-17-15-23(16-18-24)31-25(34)19-30(2,3)4/h5-18,27H,19H2,1-4H3,(H,31,34)(H,32,33,35). The van der Waals surface area contributed by atoms with Gasteiger partial charge in [-0.15, -0.1) is 23.1 Å². The highest BCUT2D eigenvalue weighted by Gasteiger charge is 2.24. The molecule has 2 N–H and O–H groups in total. The summed E-state index contributed by atoms with van der Waals surface area (Å²) in [6.07, 6.45) is 0.446. The number of aromatic nitrogens is 1. The molecule has 3 aromatic carbocycles. The minimum absolute atomic E-state index is 0.0111. The predicted octanol–water partition coefficient (Wildman–Crippen LogP) is 7.97. The molecule has 0 aliphatic carbocycles. The second-order valence-electron chi connectivity index (χ2n) is 10.00. The number of hydrogen-bond acceptors (Lipinski definition) is 5. The van der Waals surface area contributed by atoms with E-state index in [1.807, 2.05) is 113 Å². The average molecular weight is 530 g/mol. The Morgan fingerprint density at radius 3 is 2.14 bits per heavy atom. The van der Waals surface area contributed by atoms with Crippen molar-refractivity contribution in [2.24, 2.45) is 5.41 Å². The summed E-state index contributed by atoms with van der Waals surface area (Å²) < 4.78 is 0. The minimum Gasteiger partial charge on any atom is -0.326 e. The van der Waals surface area contributed by atoms with Crippen molar-refractivity contribution in [2.75, 3.05) is 10.6 Å². The van der Waals surface area contributed by atoms with Crippen molar-refractivity contribution in [2.45, 2.75) is 44.3 Å². The Morgan fingerprint density at radius 2 is 1.51 bits per heavy atom. The van der Waals surface area contributed by atoms with Crippen LogP contribution >= 0.6 is 23.1 Å². The smallest absolute Gasteiger partial charge is 0.244 e. The van der Waals surface area contributed by atoms with Crippen molar-refractivity contribution < 1.29 is 9.59 Å². The highest BCUT2D eigenvalue weighted by molar-refractivity contribution is 8.00. The largest absolute Gasteiger partial charge is 0.326 e. The molecule has 1 aromatic heterocycles. The molecular formula is C30H31N3O2S2. The van der Waals surface area contributed by atoms with Gasteiger partial charge in [0.25, 0.3) is 0 Å². The fraction of sp³-hybridized carbons (Fsp3) is 0.233. The van der Waals surface area contributed by atoms with Gasteiger partial charge >= 0.3 is 0 Å². The number of carbonyl (C=O) groups is 2. The average Bonchev–Trinajstić information content (AvgIpc) is 3.23. The van der Waals surface area contributed by atoms with Crippen molar-refractivity contribution >= 4 is 45.7 Å². The summed E-state index contributed by atoms with van der Waals surface area (Å²) in [6.45, 7) is 8.13. The van der Waals surface area contributed by atoms with Crippen LogP contribution in [0.3, 0.4) is 0 Å². The van der Waals surface area contributed by atoms with Gasteiger partial charge in [-0.2, -0.15) is 0 Å². The first-order chi connectivity index (χ1) is 17.7. The summed E-state index contributed by atoms with van der Waals surface area (Å²) >= 11 is 2.94. The van der Waals surface area contributed by atoms with Gasteiger partial charge in [-0.1, -0.05) is 81.4 Å². The number of rotatable bonds is 8. The molecule has 37 heavy (non-hydrogen) atoms. The SMILES string of the molecule is Cc1sc(NC(=O)C(Sc2ccc(NC(=O)CC(C)(C)C)cc2)c2ccccc2)nc1-c1ccccc1. The molecule has 4 rings (SSSR count). The number of nitrogens with one attached hydrogen (secondary N) is 2. The Labute approximate surface area is 226 Å². The second-order valence-corrected chi connectivity index (χ2v) is 12.4. The number of aryl methyl sites for hydroxylation is 1. The molecule has 7 heteroatoms. The normalized spacial score (nSPS) is 12.1. The molecule has 0 aliphatic heterocycles. The van der Waals surface area contributed by atoms with Gasteiger partial charge in [0, 0.05) is 27.4 Å². The zero-order valence-corrected chi connectivity index (χ0v) is 23.1. The number of anilines is 2. The molecule has 4 aromatic rings. The van der Waals surface area contributed by atoms with Crippen LogP contribution in [0.25, 0.3) is 11.3 Å². The lowest BCUT2D eigenvalue weighted by Gasteiger charge is -2.18. The highest BCUT2D eigenvalue weighted by atomic mass is 32.2. The maximum Gasteiger partial charge on any atom is 0.244 e. The molecule has 0 aliphatic rings. The van der Waals surface area contributed by atoms with E-state index in [9.17, 15) is 9.59 Å². The van der Waals surface area contributed by atoms with Gasteiger partial charge in [-0.25, -0.2) is 4.98 Å². The third-order valence-corrected chi connectivity index (χ3v) is 7.65. The van der Waals surface area contributed by atoms with Gasteiger partial charge in [0.2, 0.25) is 11.8 Å². The van der Waals surface area contributed by atoms with Crippen LogP contribution in [0.1, 0.15) is 42.9 Å². The summed E-state index contributed by atoms with van der Waals surface area (Å²) in [5.41, 5.74) is 3.48. The van der Waals surface area contributed by atoms with Crippen molar-refractivity contribution in [3.8, 4) is 11.3 Å². The highest BCUT2D eigenvalue weighted by Crippen LogP contribution is 2.38. The Kier molecular flexibility index (Phi) is 8.46. The number of benzene rings is 3. The van der Waals surface area contributed by atoms with Gasteiger partial charge in [0.1, 0.15) is 5.25 Å². The fourth-order valence-corrected chi connectivity index (χ4v) is 5.69. The van der Waals surface area contributed by atoms with Crippen LogP contribution in [-0.4, -0.2) is 16.8 Å². The van der Waals surface area contributed by atoms with Crippen LogP contribution in [0.5, 0.6) is 0 Å². The topological polar surface area (TPSA) is 71.1 Å². The van der Waals surface area contributed by atoms with Crippen LogP contribution in [0, 0.1) is 12.3 Å². The van der Waals surface area contributed by atoms with Crippen LogP contribution in [0.4, 0.5) is 10.8 Å². The molecule has 0 saturated heterocycles. The summed E-state index contributed by atoms with van der Waals surface area (Å²) in [5.74, 6) is -0.143. The molecule has 0 spiro atoms. The van der Waals surface area contributed by atoms with E-state index in [0.717, 1.165) is 32.3 Å². The molecule has 1 heterocycles. The Balaban J connectivity index is 1.49. The summed E-state index contributed by atoms with van der Waals surface area (Å²) in [5, 5.41) is 6.11. The van der Waals surface area contributed by atoms with Crippen molar-refractivity contribution in [1.82, 2.24) is 4.98 Å². The molecule has 2 amide bonds. The number of nitrogens with zero attached hydrogens (tertiary/aromatic N) is 1. The van der Waals surface area contributed by atoms with E-state index in [1.54, 1.807) is 0 Å². The van der Waals surface area contributed by atoms with Crippen molar-refractivity contribution in [1.29, 1.82) is 0 Å². The summed E-state index contributed by atoms with van der Waals surface area (Å²) in [7, 11) is 0. The zero-order chi connectivity index (χ0) is 26.4. The number of thioether (sulfide) groups is 1. The van der Waals surface area contributed by atoms with Gasteiger partial charge in [0.15, 0.2) is 5.13 Å². The zero-order valence-electron chi connectivity index (χ0n) is 21.4. The Morgan fingerprint density at radius 1 is 0.892 bits per heavy atom. The van der Waals surface area contributed by atoms with Crippen LogP contribution in [-0.2, 0) is 9.59 Å². The first kappa shape index (κ1) is 26.6. The quantitative estimate of drug-likeness (QED) is 0.227. The van der Waals surface area contributed by atoms with Gasteiger partial charge < -0.3 is 10.6 Å². The van der Waals surface area contributed by atoms with Crippen LogP contribution in [0.2, 0.25) is 0 Å². The summed E-state index contributed by atoms with van der Waals surface area (Å²) in [4.78, 5) is 32.5. The van der Waals surface area contributed by atoms with E-state index < -0.39 is 5.25 Å². The van der Waals surface area contributed by atoms with Crippen LogP contribution in [0.15, 0.2) is 89.8 Å². The molecular weight excluding hydrogens is 498 g/mol. The third kappa shape index (κ3) is 7.54. The van der Waals surface area contributed by atoms with E-state index >= 15 is 0 Å². The van der Waals surface area contributed by atoms with Crippen molar-refractivity contribution in [3.63, 3.8) is 0 Å². The fourth-order valence-electron chi connectivity index (χ4n) is 3.83. The maximum atomic E-state index is 13.5. The molecule has 0 bridgehead atoms. The minimum atomic E-state index is -0.466. The molecule has 0 fully saturated rings. The van der Waals surface area contributed by atoms with Gasteiger partial charge in [-0.05, 0) is 42.2 Å². The molecule has 5 nitrogen and oxygen atoms in total. The van der Waals surface area contributed by atoms with Crippen LogP contribution < -0.4 is 10.6 Å². The van der Waals surface area contributed by atoms with Crippen molar-refractivity contribution in [3.05, 3.63) is 95.4 Å². The summed E-state index contributed by atoms with van der Waals surface area (Å²) in [6, 6.07) is 27.3. The third-order valence-electron chi connectivity index (χ3n) is 5.50. The monoisotopic (exact) mass is 529 g/mol. The molecule has 1 unspecified atom stereocenters. The lowest BCUT2D eigenvalue weighted by Crippen LogP contribution is -2.19. The van der Waals surface area contributed by atoms with Gasteiger partial charge in [0.05, 0.1) is 5.69 Å². The van der Waals surface area contributed by atoms with E-state index in [4.69, 9.17) is 4.98 Å². The molecule has 0 radical (unpaired) electrons. The number of thiazole rings is 1. The number of carbonyl (C=O) groups excluding carboxylic acids is 2. The molecule has 190 valence electrons. The predicted molar refractivity (Wildman–Crippen MR) is 155 cm³/mol. The van der Waals surface area contributed by atoms with E-state index in [2.05, 4.69) is 10.6 Å². The second kappa shape index (κ2) is 11.8. The van der Waals surface area contributed by atoms with E-state index in [0.29, 0.717) is 11.6 Å². The number of amides is 2. The van der Waals surface area contributed by atoms with Gasteiger partial charge in [-0.3, -0.25) is 9.59 Å². The molecule has 1 atom stereocenters. The Bertz CT molecular complexity index is 1350. The maximum absolute atomic E-state index is 13.5. The first-order valence-corrected chi connectivity index (χ1v) is 13.8. The first-order valence-electron chi connectivity index (χ1n) is 12.1. The lowest BCUT2D eigenvalue weighted by atomic mass is 9.92. The molecule has 0 saturated carbocycles. The lowest BCUT2D eigenvalue weighted by molar-refractivity contribution is -0.118. The van der Waals surface area contributed by atoms with E-state index in [1.165, 1.54) is 23.1 Å².